The van der Waals surface area contributed by atoms with Crippen LogP contribution >= 0.6 is 0 Å². The summed E-state index contributed by atoms with van der Waals surface area (Å²) in [5, 5.41) is 3.40. The molecule has 0 radical (unpaired) electrons. The van der Waals surface area contributed by atoms with Crippen LogP contribution in [-0.4, -0.2) is 19.3 Å². The Morgan fingerprint density at radius 2 is 2.07 bits per heavy atom. The van der Waals surface area contributed by atoms with E-state index in [1.54, 1.807) is 0 Å². The number of ether oxygens (including phenoxy) is 1. The van der Waals surface area contributed by atoms with Crippen molar-refractivity contribution in [2.75, 3.05) is 13.2 Å². The third-order valence-corrected chi connectivity index (χ3v) is 2.46. The molecule has 1 unspecified atom stereocenters. The maximum absolute atomic E-state index is 5.45. The minimum absolute atomic E-state index is 0.291. The Morgan fingerprint density at radius 1 is 1.33 bits per heavy atom. The summed E-state index contributed by atoms with van der Waals surface area (Å²) in [4.78, 5) is 0. The molecule has 0 aliphatic heterocycles. The third-order valence-electron chi connectivity index (χ3n) is 2.46. The summed E-state index contributed by atoms with van der Waals surface area (Å²) in [6, 6.07) is 8.45. The van der Waals surface area contributed by atoms with Crippen molar-refractivity contribution in [3.8, 4) is 0 Å². The largest absolute Gasteiger partial charge is 0.377 e. The Hall–Kier alpha value is -0.860. The lowest BCUT2D eigenvalue weighted by Gasteiger charge is -2.13. The number of aryl methyl sites for hydroxylation is 1. The first-order chi connectivity index (χ1) is 7.24. The van der Waals surface area contributed by atoms with E-state index in [4.69, 9.17) is 4.74 Å². The molecule has 0 fully saturated rings. The molecule has 0 saturated heterocycles. The van der Waals surface area contributed by atoms with Crippen molar-refractivity contribution in [3.05, 3.63) is 35.4 Å². The summed E-state index contributed by atoms with van der Waals surface area (Å²) in [7, 11) is 0. The molecule has 1 aromatic carbocycles. The van der Waals surface area contributed by atoms with Gasteiger partial charge in [-0.1, -0.05) is 24.3 Å². The van der Waals surface area contributed by atoms with Gasteiger partial charge in [0, 0.05) is 19.7 Å². The fourth-order valence-corrected chi connectivity index (χ4v) is 1.56. The quantitative estimate of drug-likeness (QED) is 0.774. The molecule has 0 spiro atoms. The maximum atomic E-state index is 5.45. The van der Waals surface area contributed by atoms with E-state index < -0.39 is 0 Å². The predicted molar refractivity (Wildman–Crippen MR) is 64.0 cm³/mol. The van der Waals surface area contributed by atoms with Crippen molar-refractivity contribution < 1.29 is 4.74 Å². The summed E-state index contributed by atoms with van der Waals surface area (Å²) in [5.41, 5.74) is 2.70. The monoisotopic (exact) mass is 207 g/mol. The SMILES string of the molecule is CCOC(C)CNCc1ccccc1C. The molecule has 15 heavy (non-hydrogen) atoms. The first kappa shape index (κ1) is 12.2. The molecule has 0 aliphatic carbocycles. The molecule has 1 N–H and O–H groups in total. The summed E-state index contributed by atoms with van der Waals surface area (Å²) < 4.78 is 5.45. The molecule has 2 nitrogen and oxygen atoms in total. The second-order valence-electron chi connectivity index (χ2n) is 3.82. The molecule has 0 heterocycles. The van der Waals surface area contributed by atoms with E-state index in [2.05, 4.69) is 43.4 Å². The van der Waals surface area contributed by atoms with E-state index in [-0.39, 0.29) is 0 Å². The van der Waals surface area contributed by atoms with Crippen LogP contribution in [0.3, 0.4) is 0 Å². The molecule has 0 saturated carbocycles. The Morgan fingerprint density at radius 3 is 2.73 bits per heavy atom. The fraction of sp³-hybridized carbons (Fsp3) is 0.538. The van der Waals surface area contributed by atoms with E-state index in [1.807, 2.05) is 6.92 Å². The maximum Gasteiger partial charge on any atom is 0.0671 e. The van der Waals surface area contributed by atoms with Gasteiger partial charge >= 0.3 is 0 Å². The number of rotatable bonds is 6. The summed E-state index contributed by atoms with van der Waals surface area (Å²) in [6.45, 7) is 8.87. The van der Waals surface area contributed by atoms with Gasteiger partial charge in [-0.05, 0) is 31.9 Å². The second kappa shape index (κ2) is 6.59. The Bertz CT molecular complexity index is 286. The highest BCUT2D eigenvalue weighted by molar-refractivity contribution is 5.25. The minimum Gasteiger partial charge on any atom is -0.377 e. The summed E-state index contributed by atoms with van der Waals surface area (Å²) in [5.74, 6) is 0. The van der Waals surface area contributed by atoms with Crippen molar-refractivity contribution in [1.82, 2.24) is 5.32 Å². The molecule has 2 heteroatoms. The Labute approximate surface area is 92.6 Å². The standard InChI is InChI=1S/C13H21NO/c1-4-15-12(3)9-14-10-13-8-6-5-7-11(13)2/h5-8,12,14H,4,9-10H2,1-3H3. The van der Waals surface area contributed by atoms with Gasteiger partial charge in [-0.2, -0.15) is 0 Å². The number of nitrogens with one attached hydrogen (secondary N) is 1. The van der Waals surface area contributed by atoms with Crippen molar-refractivity contribution in [3.63, 3.8) is 0 Å². The van der Waals surface area contributed by atoms with Gasteiger partial charge in [0.2, 0.25) is 0 Å². The van der Waals surface area contributed by atoms with Crippen LogP contribution in [0.2, 0.25) is 0 Å². The van der Waals surface area contributed by atoms with Crippen molar-refractivity contribution >= 4 is 0 Å². The molecule has 1 aromatic rings. The van der Waals surface area contributed by atoms with Crippen molar-refractivity contribution in [1.29, 1.82) is 0 Å². The van der Waals surface area contributed by atoms with E-state index in [0.717, 1.165) is 19.7 Å². The van der Waals surface area contributed by atoms with Gasteiger partial charge in [0.25, 0.3) is 0 Å². The number of hydrogen-bond donors (Lipinski definition) is 1. The molecule has 1 rings (SSSR count). The zero-order valence-electron chi connectivity index (χ0n) is 9.92. The fourth-order valence-electron chi connectivity index (χ4n) is 1.56. The highest BCUT2D eigenvalue weighted by atomic mass is 16.5. The van der Waals surface area contributed by atoms with Crippen LogP contribution in [0.25, 0.3) is 0 Å². The van der Waals surface area contributed by atoms with Crippen molar-refractivity contribution in [2.45, 2.75) is 33.4 Å². The van der Waals surface area contributed by atoms with Gasteiger partial charge in [0.15, 0.2) is 0 Å². The lowest BCUT2D eigenvalue weighted by atomic mass is 10.1. The Balaban J connectivity index is 2.29. The summed E-state index contributed by atoms with van der Waals surface area (Å²) in [6.07, 6.45) is 0.291. The summed E-state index contributed by atoms with van der Waals surface area (Å²) >= 11 is 0. The molecule has 0 bridgehead atoms. The zero-order valence-corrected chi connectivity index (χ0v) is 9.92. The number of benzene rings is 1. The van der Waals surface area contributed by atoms with Crippen LogP contribution in [0.15, 0.2) is 24.3 Å². The normalized spacial score (nSPS) is 12.7. The van der Waals surface area contributed by atoms with Crippen LogP contribution in [-0.2, 0) is 11.3 Å². The highest BCUT2D eigenvalue weighted by Gasteiger charge is 2.00. The van der Waals surface area contributed by atoms with E-state index in [0.29, 0.717) is 6.10 Å². The molecular weight excluding hydrogens is 186 g/mol. The van der Waals surface area contributed by atoms with Crippen LogP contribution in [0.4, 0.5) is 0 Å². The third kappa shape index (κ3) is 4.45. The van der Waals surface area contributed by atoms with Crippen LogP contribution in [0.1, 0.15) is 25.0 Å². The first-order valence-corrected chi connectivity index (χ1v) is 5.61. The molecule has 0 aliphatic rings. The van der Waals surface area contributed by atoms with E-state index >= 15 is 0 Å². The van der Waals surface area contributed by atoms with Gasteiger partial charge in [-0.25, -0.2) is 0 Å². The highest BCUT2D eigenvalue weighted by Crippen LogP contribution is 2.05. The van der Waals surface area contributed by atoms with Crippen molar-refractivity contribution in [2.24, 2.45) is 0 Å². The number of hydrogen-bond acceptors (Lipinski definition) is 2. The first-order valence-electron chi connectivity index (χ1n) is 5.61. The average molecular weight is 207 g/mol. The van der Waals surface area contributed by atoms with Crippen LogP contribution in [0, 0.1) is 6.92 Å². The zero-order chi connectivity index (χ0) is 11.1. The molecular formula is C13H21NO. The second-order valence-corrected chi connectivity index (χ2v) is 3.82. The molecule has 0 aromatic heterocycles. The van der Waals surface area contributed by atoms with Gasteiger partial charge < -0.3 is 10.1 Å². The smallest absolute Gasteiger partial charge is 0.0671 e. The minimum atomic E-state index is 0.291. The van der Waals surface area contributed by atoms with Crippen LogP contribution < -0.4 is 5.32 Å². The van der Waals surface area contributed by atoms with Gasteiger partial charge in [-0.15, -0.1) is 0 Å². The van der Waals surface area contributed by atoms with E-state index in [9.17, 15) is 0 Å². The molecule has 1 atom stereocenters. The predicted octanol–water partition coefficient (Wildman–Crippen LogP) is 2.51. The van der Waals surface area contributed by atoms with Gasteiger partial charge in [0.05, 0.1) is 6.10 Å². The topological polar surface area (TPSA) is 21.3 Å². The average Bonchev–Trinajstić information content (AvgIpc) is 2.21. The lowest BCUT2D eigenvalue weighted by molar-refractivity contribution is 0.0759. The Kier molecular flexibility index (Phi) is 5.37. The van der Waals surface area contributed by atoms with E-state index in [1.165, 1.54) is 11.1 Å². The molecule has 0 amide bonds. The lowest BCUT2D eigenvalue weighted by Crippen LogP contribution is -2.26. The van der Waals surface area contributed by atoms with Gasteiger partial charge in [0.1, 0.15) is 0 Å². The van der Waals surface area contributed by atoms with Crippen LogP contribution in [0.5, 0.6) is 0 Å². The van der Waals surface area contributed by atoms with Gasteiger partial charge in [-0.3, -0.25) is 0 Å². The molecule has 84 valence electrons.